The van der Waals surface area contributed by atoms with Crippen LogP contribution in [0.1, 0.15) is 28.8 Å². The second-order valence-electron chi connectivity index (χ2n) is 6.13. The van der Waals surface area contributed by atoms with Crippen LogP contribution >= 0.6 is 12.4 Å². The van der Waals surface area contributed by atoms with Gasteiger partial charge in [-0.2, -0.15) is 0 Å². The van der Waals surface area contributed by atoms with Gasteiger partial charge in [-0.05, 0) is 37.7 Å². The summed E-state index contributed by atoms with van der Waals surface area (Å²) in [6, 6.07) is 4.86. The van der Waals surface area contributed by atoms with Crippen molar-refractivity contribution in [2.24, 2.45) is 17.6 Å². The molecule has 0 aromatic heterocycles. The van der Waals surface area contributed by atoms with E-state index in [0.717, 1.165) is 19.4 Å². The molecule has 1 heterocycles. The quantitative estimate of drug-likeness (QED) is 0.666. The minimum atomic E-state index is -0.444. The van der Waals surface area contributed by atoms with Gasteiger partial charge in [0.15, 0.2) is 0 Å². The van der Waals surface area contributed by atoms with Crippen LogP contribution in [0.2, 0.25) is 0 Å². The van der Waals surface area contributed by atoms with Crippen LogP contribution in [0.4, 0.5) is 5.69 Å². The number of aryl methyl sites for hydroxylation is 1. The molecule has 22 heavy (non-hydrogen) atoms. The molecule has 120 valence electrons. The minimum absolute atomic E-state index is 0. The minimum Gasteiger partial charge on any atom is -0.338 e. The van der Waals surface area contributed by atoms with Gasteiger partial charge in [0, 0.05) is 36.3 Å². The monoisotopic (exact) mass is 325 g/mol. The van der Waals surface area contributed by atoms with Crippen LogP contribution in [0.25, 0.3) is 0 Å². The Hall–Kier alpha value is -1.66. The fraction of sp³-hybridized carbons (Fsp3) is 0.533. The van der Waals surface area contributed by atoms with Crippen LogP contribution < -0.4 is 5.73 Å². The average Bonchev–Trinajstić information content (AvgIpc) is 3.01. The molecule has 0 bridgehead atoms. The largest absolute Gasteiger partial charge is 0.338 e. The summed E-state index contributed by atoms with van der Waals surface area (Å²) in [4.78, 5) is 24.9. The van der Waals surface area contributed by atoms with E-state index >= 15 is 0 Å². The molecule has 1 aliphatic heterocycles. The topological polar surface area (TPSA) is 89.5 Å². The SMILES string of the molecule is Cc1ccc(C(=O)N2CC3CCC(N)C3C2)cc1[N+](=O)[O-].Cl. The lowest BCUT2D eigenvalue weighted by Crippen LogP contribution is -2.33. The fourth-order valence-corrected chi connectivity index (χ4v) is 3.60. The number of nitrogens with zero attached hydrogens (tertiary/aromatic N) is 2. The summed E-state index contributed by atoms with van der Waals surface area (Å²) in [6.07, 6.45) is 2.11. The van der Waals surface area contributed by atoms with Crippen molar-refractivity contribution in [2.45, 2.75) is 25.8 Å². The second kappa shape index (κ2) is 6.22. The van der Waals surface area contributed by atoms with Crippen molar-refractivity contribution in [3.8, 4) is 0 Å². The van der Waals surface area contributed by atoms with E-state index in [0.29, 0.717) is 29.5 Å². The summed E-state index contributed by atoms with van der Waals surface area (Å²) in [7, 11) is 0. The van der Waals surface area contributed by atoms with E-state index in [1.165, 1.54) is 6.07 Å². The Labute approximate surface area is 135 Å². The van der Waals surface area contributed by atoms with Gasteiger partial charge in [-0.3, -0.25) is 14.9 Å². The van der Waals surface area contributed by atoms with Crippen LogP contribution in [0.15, 0.2) is 18.2 Å². The van der Waals surface area contributed by atoms with Gasteiger partial charge in [0.2, 0.25) is 0 Å². The zero-order valence-corrected chi connectivity index (χ0v) is 13.2. The molecular weight excluding hydrogens is 306 g/mol. The van der Waals surface area contributed by atoms with Crippen LogP contribution in [-0.2, 0) is 0 Å². The summed E-state index contributed by atoms with van der Waals surface area (Å²) in [5, 5.41) is 11.0. The fourth-order valence-electron chi connectivity index (χ4n) is 3.60. The third kappa shape index (κ3) is 2.80. The van der Waals surface area contributed by atoms with Gasteiger partial charge in [0.05, 0.1) is 4.92 Å². The number of nitro benzene ring substituents is 1. The maximum atomic E-state index is 12.5. The van der Waals surface area contributed by atoms with Crippen molar-refractivity contribution in [1.82, 2.24) is 4.90 Å². The molecule has 6 nitrogen and oxygen atoms in total. The van der Waals surface area contributed by atoms with Crippen LogP contribution in [0.5, 0.6) is 0 Å². The summed E-state index contributed by atoms with van der Waals surface area (Å²) < 4.78 is 0. The highest BCUT2D eigenvalue weighted by molar-refractivity contribution is 5.95. The van der Waals surface area contributed by atoms with Crippen molar-refractivity contribution in [2.75, 3.05) is 13.1 Å². The van der Waals surface area contributed by atoms with Crippen LogP contribution in [-0.4, -0.2) is 34.9 Å². The molecule has 2 aliphatic rings. The normalized spacial score (nSPS) is 26.5. The molecule has 2 fully saturated rings. The van der Waals surface area contributed by atoms with Gasteiger partial charge in [-0.1, -0.05) is 6.07 Å². The van der Waals surface area contributed by atoms with Gasteiger partial charge >= 0.3 is 0 Å². The Bertz CT molecular complexity index is 608. The predicted octanol–water partition coefficient (Wildman–Crippen LogP) is 2.13. The number of nitrogens with two attached hydrogens (primary N) is 1. The van der Waals surface area contributed by atoms with Crippen molar-refractivity contribution >= 4 is 24.0 Å². The molecule has 3 rings (SSSR count). The molecule has 1 aromatic rings. The predicted molar refractivity (Wildman–Crippen MR) is 85.2 cm³/mol. The van der Waals surface area contributed by atoms with E-state index in [1.54, 1.807) is 24.0 Å². The van der Waals surface area contributed by atoms with E-state index in [9.17, 15) is 14.9 Å². The number of rotatable bonds is 2. The number of halogens is 1. The molecule has 7 heteroatoms. The lowest BCUT2D eigenvalue weighted by atomic mass is 9.98. The number of carbonyl (C=O) groups excluding carboxylic acids is 1. The molecule has 1 saturated heterocycles. The van der Waals surface area contributed by atoms with Gasteiger partial charge in [0.1, 0.15) is 0 Å². The summed E-state index contributed by atoms with van der Waals surface area (Å²) >= 11 is 0. The van der Waals surface area contributed by atoms with Gasteiger partial charge in [-0.15, -0.1) is 12.4 Å². The Kier molecular flexibility index (Phi) is 4.72. The van der Waals surface area contributed by atoms with E-state index < -0.39 is 4.92 Å². The number of carbonyl (C=O) groups is 1. The highest BCUT2D eigenvalue weighted by atomic mass is 35.5. The molecule has 2 N–H and O–H groups in total. The first-order valence-corrected chi connectivity index (χ1v) is 7.27. The molecule has 1 aliphatic carbocycles. The first kappa shape index (κ1) is 16.7. The van der Waals surface area contributed by atoms with Crippen molar-refractivity contribution in [1.29, 1.82) is 0 Å². The highest BCUT2D eigenvalue weighted by Gasteiger charge is 2.42. The maximum absolute atomic E-state index is 12.5. The number of hydrogen-bond donors (Lipinski definition) is 1. The summed E-state index contributed by atoms with van der Waals surface area (Å²) in [5.41, 5.74) is 7.03. The van der Waals surface area contributed by atoms with Gasteiger partial charge < -0.3 is 10.6 Å². The van der Waals surface area contributed by atoms with Gasteiger partial charge in [-0.25, -0.2) is 0 Å². The van der Waals surface area contributed by atoms with Crippen molar-refractivity contribution in [3.63, 3.8) is 0 Å². The first-order chi connectivity index (χ1) is 9.97. The van der Waals surface area contributed by atoms with Crippen LogP contribution in [0, 0.1) is 28.9 Å². The van der Waals surface area contributed by atoms with Crippen molar-refractivity contribution in [3.05, 3.63) is 39.4 Å². The lowest BCUT2D eigenvalue weighted by molar-refractivity contribution is -0.385. The maximum Gasteiger partial charge on any atom is 0.273 e. The number of likely N-dealkylation sites (tertiary alicyclic amines) is 1. The summed E-state index contributed by atoms with van der Waals surface area (Å²) in [5.74, 6) is 0.749. The zero-order chi connectivity index (χ0) is 15.1. The third-order valence-electron chi connectivity index (χ3n) is 4.85. The molecule has 0 spiro atoms. The van der Waals surface area contributed by atoms with Crippen molar-refractivity contribution < 1.29 is 9.72 Å². The highest BCUT2D eigenvalue weighted by Crippen LogP contribution is 2.37. The van der Waals surface area contributed by atoms with Gasteiger partial charge in [0.25, 0.3) is 11.6 Å². The first-order valence-electron chi connectivity index (χ1n) is 7.27. The Morgan fingerprint density at radius 2 is 2.09 bits per heavy atom. The van der Waals surface area contributed by atoms with E-state index in [-0.39, 0.29) is 30.0 Å². The second-order valence-corrected chi connectivity index (χ2v) is 6.13. The number of nitro groups is 1. The average molecular weight is 326 g/mol. The molecule has 3 unspecified atom stereocenters. The smallest absolute Gasteiger partial charge is 0.273 e. The van der Waals surface area contributed by atoms with E-state index in [4.69, 9.17) is 5.73 Å². The molecule has 1 amide bonds. The molecule has 0 radical (unpaired) electrons. The number of benzene rings is 1. The Balaban J connectivity index is 0.00000176. The molecule has 3 atom stereocenters. The molecule has 1 saturated carbocycles. The molecule has 1 aromatic carbocycles. The number of amides is 1. The Morgan fingerprint density at radius 1 is 1.36 bits per heavy atom. The lowest BCUT2D eigenvalue weighted by Gasteiger charge is -2.18. The molecular formula is C15H20ClN3O3. The zero-order valence-electron chi connectivity index (χ0n) is 12.4. The standard InChI is InChI=1S/C15H19N3O3.ClH/c1-9-2-3-10(6-14(9)18(20)21)15(19)17-7-11-4-5-13(16)12(11)8-17;/h2-3,6,11-13H,4-5,7-8,16H2,1H3;1H. The third-order valence-corrected chi connectivity index (χ3v) is 4.85. The van der Waals surface area contributed by atoms with E-state index in [1.807, 2.05) is 0 Å². The summed E-state index contributed by atoms with van der Waals surface area (Å²) in [6.45, 7) is 3.07. The Morgan fingerprint density at radius 3 is 2.73 bits per heavy atom. The van der Waals surface area contributed by atoms with Crippen LogP contribution in [0.3, 0.4) is 0 Å². The number of hydrogen-bond acceptors (Lipinski definition) is 4. The van der Waals surface area contributed by atoms with E-state index in [2.05, 4.69) is 0 Å². The number of fused-ring (bicyclic) bond motifs is 1.